The van der Waals surface area contributed by atoms with Gasteiger partial charge in [0.05, 0.1) is 6.04 Å². The van der Waals surface area contributed by atoms with Crippen LogP contribution in [0.15, 0.2) is 0 Å². The number of hydrogen-bond donors (Lipinski definition) is 1. The van der Waals surface area contributed by atoms with Crippen LogP contribution in [0.1, 0.15) is 40.0 Å². The molecular weight excluding hydrogens is 232 g/mol. The fourth-order valence-electron chi connectivity index (χ4n) is 2.34. The van der Waals surface area contributed by atoms with Crippen molar-refractivity contribution in [3.8, 4) is 0 Å². The third-order valence-electron chi connectivity index (χ3n) is 3.28. The molecule has 2 atom stereocenters. The molecule has 0 aliphatic carbocycles. The first-order chi connectivity index (χ1) is 8.06. The number of piperidine rings is 1. The Hall–Kier alpha value is -0.220. The van der Waals surface area contributed by atoms with Crippen LogP contribution in [0.5, 0.6) is 0 Å². The highest BCUT2D eigenvalue weighted by molar-refractivity contribution is 7.98. The number of likely N-dealkylation sites (tertiary alicyclic amines) is 1. The molecule has 1 amide bonds. The van der Waals surface area contributed by atoms with E-state index in [0.29, 0.717) is 18.0 Å². The topological polar surface area (TPSA) is 32.3 Å². The Bertz CT molecular complexity index is 246. The zero-order valence-electron chi connectivity index (χ0n) is 11.5. The quantitative estimate of drug-likeness (QED) is 0.792. The van der Waals surface area contributed by atoms with Gasteiger partial charge < -0.3 is 10.2 Å². The maximum absolute atomic E-state index is 12.3. The van der Waals surface area contributed by atoms with Gasteiger partial charge in [0.25, 0.3) is 0 Å². The van der Waals surface area contributed by atoms with Crippen LogP contribution in [0.3, 0.4) is 0 Å². The van der Waals surface area contributed by atoms with E-state index >= 15 is 0 Å². The van der Waals surface area contributed by atoms with Crippen molar-refractivity contribution in [3.05, 3.63) is 0 Å². The molecule has 1 rings (SSSR count). The Balaban J connectivity index is 2.52. The van der Waals surface area contributed by atoms with Gasteiger partial charge in [-0.2, -0.15) is 11.8 Å². The van der Waals surface area contributed by atoms with E-state index in [9.17, 15) is 4.79 Å². The maximum Gasteiger partial charge on any atom is 0.239 e. The largest absolute Gasteiger partial charge is 0.339 e. The molecule has 0 radical (unpaired) electrons. The number of carbonyl (C=O) groups excluding carboxylic acids is 1. The van der Waals surface area contributed by atoms with E-state index in [1.165, 1.54) is 0 Å². The van der Waals surface area contributed by atoms with Crippen LogP contribution in [0.25, 0.3) is 0 Å². The predicted molar refractivity (Wildman–Crippen MR) is 75.5 cm³/mol. The van der Waals surface area contributed by atoms with E-state index in [0.717, 1.165) is 31.6 Å². The Morgan fingerprint density at radius 2 is 2.18 bits per heavy atom. The first-order valence-corrected chi connectivity index (χ1v) is 8.01. The summed E-state index contributed by atoms with van der Waals surface area (Å²) in [6, 6.07) is 0.803. The normalized spacial score (nSPS) is 23.2. The minimum absolute atomic E-state index is 0.0421. The molecule has 4 heteroatoms. The van der Waals surface area contributed by atoms with E-state index in [-0.39, 0.29) is 6.04 Å². The van der Waals surface area contributed by atoms with Crippen molar-refractivity contribution in [3.63, 3.8) is 0 Å². The molecule has 1 aliphatic heterocycles. The van der Waals surface area contributed by atoms with Gasteiger partial charge in [-0.05, 0) is 38.2 Å². The van der Waals surface area contributed by atoms with E-state index in [2.05, 4.69) is 37.2 Å². The standard InChI is InChI=1S/C13H26N2OS/c1-10(2)14-12-6-5-8-15(13(12)16)11(3)7-9-17-4/h10-12,14H,5-9H2,1-4H3. The van der Waals surface area contributed by atoms with Crippen LogP contribution < -0.4 is 5.32 Å². The zero-order chi connectivity index (χ0) is 12.8. The first kappa shape index (κ1) is 14.8. The predicted octanol–water partition coefficient (Wildman–Crippen LogP) is 2.12. The zero-order valence-corrected chi connectivity index (χ0v) is 12.3. The van der Waals surface area contributed by atoms with Crippen LogP contribution >= 0.6 is 11.8 Å². The van der Waals surface area contributed by atoms with Gasteiger partial charge in [-0.15, -0.1) is 0 Å². The van der Waals surface area contributed by atoms with Crippen molar-refractivity contribution >= 4 is 17.7 Å². The van der Waals surface area contributed by atoms with E-state index in [1.807, 2.05) is 11.8 Å². The van der Waals surface area contributed by atoms with Crippen molar-refractivity contribution in [2.45, 2.75) is 58.2 Å². The molecule has 17 heavy (non-hydrogen) atoms. The van der Waals surface area contributed by atoms with Crippen LogP contribution in [-0.4, -0.2) is 47.5 Å². The average Bonchev–Trinajstić information content (AvgIpc) is 2.28. The summed E-state index contributed by atoms with van der Waals surface area (Å²) in [5.41, 5.74) is 0. The highest BCUT2D eigenvalue weighted by atomic mass is 32.2. The van der Waals surface area contributed by atoms with Gasteiger partial charge in [0, 0.05) is 18.6 Å². The molecule has 100 valence electrons. The van der Waals surface area contributed by atoms with E-state index in [1.54, 1.807) is 0 Å². The Labute approximate surface area is 110 Å². The second-order valence-electron chi connectivity index (χ2n) is 5.18. The third-order valence-corrected chi connectivity index (χ3v) is 3.92. The lowest BCUT2D eigenvalue weighted by atomic mass is 10.0. The average molecular weight is 258 g/mol. The highest BCUT2D eigenvalue weighted by Crippen LogP contribution is 2.17. The first-order valence-electron chi connectivity index (χ1n) is 6.61. The second-order valence-corrected chi connectivity index (χ2v) is 6.16. The van der Waals surface area contributed by atoms with Crippen molar-refractivity contribution < 1.29 is 4.79 Å². The molecule has 0 saturated carbocycles. The van der Waals surface area contributed by atoms with Gasteiger partial charge in [0.1, 0.15) is 0 Å². The molecule has 0 spiro atoms. The number of carbonyl (C=O) groups is 1. The monoisotopic (exact) mass is 258 g/mol. The van der Waals surface area contributed by atoms with Gasteiger partial charge >= 0.3 is 0 Å². The SMILES string of the molecule is CSCCC(C)N1CCCC(NC(C)C)C1=O. The number of amides is 1. The Morgan fingerprint density at radius 3 is 2.76 bits per heavy atom. The fraction of sp³-hybridized carbons (Fsp3) is 0.923. The minimum atomic E-state index is 0.0421. The van der Waals surface area contributed by atoms with Crippen molar-refractivity contribution in [2.75, 3.05) is 18.6 Å². The maximum atomic E-state index is 12.3. The van der Waals surface area contributed by atoms with Gasteiger partial charge in [-0.1, -0.05) is 13.8 Å². The molecule has 3 nitrogen and oxygen atoms in total. The minimum Gasteiger partial charge on any atom is -0.339 e. The molecule has 1 fully saturated rings. The highest BCUT2D eigenvalue weighted by Gasteiger charge is 2.31. The summed E-state index contributed by atoms with van der Waals surface area (Å²) in [6.45, 7) is 7.31. The summed E-state index contributed by atoms with van der Waals surface area (Å²) >= 11 is 1.85. The number of hydrogen-bond acceptors (Lipinski definition) is 3. The number of nitrogens with zero attached hydrogens (tertiary/aromatic N) is 1. The summed E-state index contributed by atoms with van der Waals surface area (Å²) in [7, 11) is 0. The molecular formula is C13H26N2OS. The van der Waals surface area contributed by atoms with Crippen molar-refractivity contribution in [2.24, 2.45) is 0 Å². The fourth-order valence-corrected chi connectivity index (χ4v) is 2.92. The van der Waals surface area contributed by atoms with Crippen LogP contribution in [0.2, 0.25) is 0 Å². The van der Waals surface area contributed by atoms with Crippen molar-refractivity contribution in [1.29, 1.82) is 0 Å². The molecule has 1 saturated heterocycles. The van der Waals surface area contributed by atoms with Crippen LogP contribution in [0, 0.1) is 0 Å². The van der Waals surface area contributed by atoms with Crippen LogP contribution in [0.4, 0.5) is 0 Å². The van der Waals surface area contributed by atoms with Crippen LogP contribution in [-0.2, 0) is 4.79 Å². The third kappa shape index (κ3) is 4.51. The Kier molecular flexibility index (Phi) is 6.34. The second kappa shape index (κ2) is 7.27. The van der Waals surface area contributed by atoms with E-state index in [4.69, 9.17) is 0 Å². The number of nitrogens with one attached hydrogen (secondary N) is 1. The van der Waals surface area contributed by atoms with Crippen molar-refractivity contribution in [1.82, 2.24) is 10.2 Å². The van der Waals surface area contributed by atoms with Gasteiger partial charge in [0.15, 0.2) is 0 Å². The lowest BCUT2D eigenvalue weighted by Gasteiger charge is -2.37. The lowest BCUT2D eigenvalue weighted by molar-refractivity contribution is -0.138. The molecule has 0 aromatic heterocycles. The Morgan fingerprint density at radius 1 is 1.47 bits per heavy atom. The number of thioether (sulfide) groups is 1. The summed E-state index contributed by atoms with van der Waals surface area (Å²) in [4.78, 5) is 14.4. The summed E-state index contributed by atoms with van der Waals surface area (Å²) in [5, 5.41) is 3.38. The summed E-state index contributed by atoms with van der Waals surface area (Å²) in [6.07, 6.45) is 5.33. The molecule has 1 aliphatic rings. The number of rotatable bonds is 6. The molecule has 0 bridgehead atoms. The molecule has 2 unspecified atom stereocenters. The molecule has 0 aromatic carbocycles. The summed E-state index contributed by atoms with van der Waals surface area (Å²) in [5.74, 6) is 1.44. The van der Waals surface area contributed by atoms with E-state index < -0.39 is 0 Å². The smallest absolute Gasteiger partial charge is 0.239 e. The molecule has 1 heterocycles. The molecule has 1 N–H and O–H groups in total. The van der Waals surface area contributed by atoms with Gasteiger partial charge in [-0.25, -0.2) is 0 Å². The summed E-state index contributed by atoms with van der Waals surface area (Å²) < 4.78 is 0. The molecule has 0 aromatic rings. The van der Waals surface area contributed by atoms with Gasteiger partial charge in [-0.3, -0.25) is 4.79 Å². The van der Waals surface area contributed by atoms with Gasteiger partial charge in [0.2, 0.25) is 5.91 Å². The lowest BCUT2D eigenvalue weighted by Crippen LogP contribution is -2.54.